The minimum absolute atomic E-state index is 0. The van der Waals surface area contributed by atoms with E-state index in [2.05, 4.69) is 25.8 Å². The molecule has 2 heterocycles. The predicted molar refractivity (Wildman–Crippen MR) is 117 cm³/mol. The third kappa shape index (κ3) is 5.00. The molecule has 0 aliphatic heterocycles. The van der Waals surface area contributed by atoms with Crippen LogP contribution in [0.5, 0.6) is 11.5 Å². The quantitative estimate of drug-likeness (QED) is 0.319. The lowest BCUT2D eigenvalue weighted by atomic mass is 10.2. The van der Waals surface area contributed by atoms with Gasteiger partial charge in [0.15, 0.2) is 23.1 Å². The molecule has 3 aromatic rings. The van der Waals surface area contributed by atoms with Crippen LogP contribution in [0.1, 0.15) is 5.82 Å². The average Bonchev–Trinajstić information content (AvgIpc) is 3.10. The van der Waals surface area contributed by atoms with E-state index in [-0.39, 0.29) is 24.0 Å². The number of ether oxygens (including phenoxy) is 2. The summed E-state index contributed by atoms with van der Waals surface area (Å²) in [6, 6.07) is 11.4. The molecule has 9 heteroatoms. The summed E-state index contributed by atoms with van der Waals surface area (Å²) >= 11 is 0. The molecule has 0 unspecified atom stereocenters. The summed E-state index contributed by atoms with van der Waals surface area (Å²) in [5.41, 5.74) is 1.69. The van der Waals surface area contributed by atoms with E-state index in [0.717, 1.165) is 23.6 Å². The van der Waals surface area contributed by atoms with Crippen LogP contribution in [-0.2, 0) is 6.42 Å². The van der Waals surface area contributed by atoms with E-state index in [1.165, 1.54) is 0 Å². The first-order valence-electron chi connectivity index (χ1n) is 8.23. The lowest BCUT2D eigenvalue weighted by molar-refractivity contribution is 0.355. The van der Waals surface area contributed by atoms with Crippen molar-refractivity contribution in [2.24, 2.45) is 4.99 Å². The van der Waals surface area contributed by atoms with Crippen molar-refractivity contribution in [3.8, 4) is 11.5 Å². The van der Waals surface area contributed by atoms with Gasteiger partial charge in [-0.1, -0.05) is 6.07 Å². The highest BCUT2D eigenvalue weighted by Gasteiger charge is 2.07. The molecule has 3 rings (SSSR count). The molecule has 27 heavy (non-hydrogen) atoms. The van der Waals surface area contributed by atoms with Crippen LogP contribution in [-0.4, -0.2) is 48.4 Å². The highest BCUT2D eigenvalue weighted by Crippen LogP contribution is 2.29. The van der Waals surface area contributed by atoms with E-state index >= 15 is 0 Å². The third-order valence-electron chi connectivity index (χ3n) is 3.90. The van der Waals surface area contributed by atoms with Gasteiger partial charge < -0.3 is 20.1 Å². The first kappa shape index (κ1) is 20.7. The molecule has 0 amide bonds. The Labute approximate surface area is 175 Å². The second-order valence-corrected chi connectivity index (χ2v) is 5.49. The summed E-state index contributed by atoms with van der Waals surface area (Å²) < 4.78 is 12.5. The van der Waals surface area contributed by atoms with E-state index in [1.54, 1.807) is 21.3 Å². The molecule has 0 saturated heterocycles. The van der Waals surface area contributed by atoms with Crippen LogP contribution in [0.25, 0.3) is 5.65 Å². The van der Waals surface area contributed by atoms with Gasteiger partial charge in [-0.05, 0) is 24.3 Å². The molecule has 0 aliphatic rings. The molecule has 0 radical (unpaired) electrons. The molecular weight excluding hydrogens is 459 g/mol. The Hall–Kier alpha value is -2.56. The normalized spacial score (nSPS) is 11.0. The number of halogens is 1. The highest BCUT2D eigenvalue weighted by atomic mass is 127. The van der Waals surface area contributed by atoms with Gasteiger partial charge in [0.1, 0.15) is 5.82 Å². The number of fused-ring (bicyclic) bond motifs is 1. The molecule has 144 valence electrons. The van der Waals surface area contributed by atoms with Crippen LogP contribution in [0, 0.1) is 0 Å². The average molecular weight is 482 g/mol. The fraction of sp³-hybridized carbons (Fsp3) is 0.278. The number of rotatable bonds is 6. The SMILES string of the molecule is CN=C(NCCc1nnc2ccccn12)Nc1ccc(OC)c(OC)c1.I. The summed E-state index contributed by atoms with van der Waals surface area (Å²) in [5.74, 6) is 2.89. The summed E-state index contributed by atoms with van der Waals surface area (Å²) in [5, 5.41) is 14.9. The first-order valence-corrected chi connectivity index (χ1v) is 8.23. The van der Waals surface area contributed by atoms with Gasteiger partial charge in [0, 0.05) is 38.0 Å². The molecule has 0 bridgehead atoms. The summed E-state index contributed by atoms with van der Waals surface area (Å²) in [6.07, 6.45) is 2.68. The molecule has 0 aliphatic carbocycles. The Bertz CT molecular complexity index is 912. The van der Waals surface area contributed by atoms with Crippen LogP contribution in [0.2, 0.25) is 0 Å². The van der Waals surface area contributed by atoms with E-state index in [1.807, 2.05) is 47.0 Å². The number of methoxy groups -OCH3 is 2. The van der Waals surface area contributed by atoms with Crippen molar-refractivity contribution in [1.82, 2.24) is 19.9 Å². The molecule has 1 aromatic carbocycles. The number of hydrogen-bond donors (Lipinski definition) is 2. The number of nitrogens with zero attached hydrogens (tertiary/aromatic N) is 4. The van der Waals surface area contributed by atoms with Crippen LogP contribution in [0.15, 0.2) is 47.6 Å². The molecule has 0 atom stereocenters. The first-order chi connectivity index (χ1) is 12.7. The van der Waals surface area contributed by atoms with Crippen molar-refractivity contribution >= 4 is 41.3 Å². The minimum Gasteiger partial charge on any atom is -0.493 e. The van der Waals surface area contributed by atoms with Crippen LogP contribution in [0.4, 0.5) is 5.69 Å². The smallest absolute Gasteiger partial charge is 0.195 e. The zero-order valence-electron chi connectivity index (χ0n) is 15.5. The lowest BCUT2D eigenvalue weighted by Crippen LogP contribution is -2.32. The van der Waals surface area contributed by atoms with E-state index < -0.39 is 0 Å². The maximum atomic E-state index is 5.32. The molecule has 0 saturated carbocycles. The highest BCUT2D eigenvalue weighted by molar-refractivity contribution is 14.0. The van der Waals surface area contributed by atoms with Crippen LogP contribution in [0.3, 0.4) is 0 Å². The van der Waals surface area contributed by atoms with Crippen molar-refractivity contribution in [2.75, 3.05) is 33.1 Å². The molecule has 2 aromatic heterocycles. The Balaban J connectivity index is 0.00000261. The standard InChI is InChI=1S/C18H22N6O2.HI/c1-19-18(21-13-7-8-14(25-2)15(12-13)26-3)20-10-9-17-23-22-16-6-4-5-11-24(16)17;/h4-8,11-12H,9-10H2,1-3H3,(H2,19,20,21);1H. The van der Waals surface area contributed by atoms with Gasteiger partial charge in [-0.3, -0.25) is 9.39 Å². The number of nitrogens with one attached hydrogen (secondary N) is 2. The van der Waals surface area contributed by atoms with Gasteiger partial charge in [-0.15, -0.1) is 34.2 Å². The third-order valence-corrected chi connectivity index (χ3v) is 3.90. The second kappa shape index (κ2) is 9.95. The van der Waals surface area contributed by atoms with Gasteiger partial charge >= 0.3 is 0 Å². The van der Waals surface area contributed by atoms with E-state index in [9.17, 15) is 0 Å². The van der Waals surface area contributed by atoms with Gasteiger partial charge in [-0.2, -0.15) is 0 Å². The lowest BCUT2D eigenvalue weighted by Gasteiger charge is -2.13. The fourth-order valence-corrected chi connectivity index (χ4v) is 2.58. The number of aliphatic imine (C=N–C) groups is 1. The number of hydrogen-bond acceptors (Lipinski definition) is 5. The van der Waals surface area contributed by atoms with Gasteiger partial charge in [0.2, 0.25) is 0 Å². The van der Waals surface area contributed by atoms with Crippen molar-refractivity contribution in [2.45, 2.75) is 6.42 Å². The Morgan fingerprint density at radius 3 is 2.67 bits per heavy atom. The number of anilines is 1. The van der Waals surface area contributed by atoms with Crippen LogP contribution >= 0.6 is 24.0 Å². The Morgan fingerprint density at radius 1 is 1.11 bits per heavy atom. The monoisotopic (exact) mass is 482 g/mol. The summed E-state index contributed by atoms with van der Waals surface area (Å²) in [7, 11) is 4.94. The number of benzene rings is 1. The van der Waals surface area contributed by atoms with Crippen molar-refractivity contribution < 1.29 is 9.47 Å². The zero-order chi connectivity index (χ0) is 18.4. The van der Waals surface area contributed by atoms with Gasteiger partial charge in [0.05, 0.1) is 14.2 Å². The van der Waals surface area contributed by atoms with Crippen molar-refractivity contribution in [3.63, 3.8) is 0 Å². The van der Waals surface area contributed by atoms with Crippen molar-refractivity contribution in [3.05, 3.63) is 48.4 Å². The minimum atomic E-state index is 0. The molecule has 8 nitrogen and oxygen atoms in total. The number of pyridine rings is 1. The van der Waals surface area contributed by atoms with E-state index in [0.29, 0.717) is 24.0 Å². The Morgan fingerprint density at radius 2 is 1.93 bits per heavy atom. The van der Waals surface area contributed by atoms with E-state index in [4.69, 9.17) is 9.47 Å². The maximum Gasteiger partial charge on any atom is 0.195 e. The van der Waals surface area contributed by atoms with Gasteiger partial charge in [0.25, 0.3) is 0 Å². The largest absolute Gasteiger partial charge is 0.493 e. The molecule has 0 fully saturated rings. The predicted octanol–water partition coefficient (Wildman–Crippen LogP) is 2.59. The Kier molecular flexibility index (Phi) is 7.65. The topological polar surface area (TPSA) is 85.1 Å². The van der Waals surface area contributed by atoms with Crippen LogP contribution < -0.4 is 20.1 Å². The number of guanidine groups is 1. The second-order valence-electron chi connectivity index (χ2n) is 5.49. The summed E-state index contributed by atoms with van der Waals surface area (Å²) in [6.45, 7) is 0.669. The molecule has 2 N–H and O–H groups in total. The molecular formula is C18H23IN6O2. The van der Waals surface area contributed by atoms with Gasteiger partial charge in [-0.25, -0.2) is 0 Å². The molecule has 0 spiro atoms. The number of aromatic nitrogens is 3. The van der Waals surface area contributed by atoms with Crippen molar-refractivity contribution in [1.29, 1.82) is 0 Å². The zero-order valence-corrected chi connectivity index (χ0v) is 17.8. The fourth-order valence-electron chi connectivity index (χ4n) is 2.58. The maximum absolute atomic E-state index is 5.32. The summed E-state index contributed by atoms with van der Waals surface area (Å²) in [4.78, 5) is 4.24.